The molecule has 0 saturated carbocycles. The first-order valence-electron chi connectivity index (χ1n) is 10.3. The third-order valence-electron chi connectivity index (χ3n) is 5.59. The van der Waals surface area contributed by atoms with E-state index in [1.807, 2.05) is 36.4 Å². The molecule has 2 aromatic carbocycles. The number of benzene rings is 2. The van der Waals surface area contributed by atoms with E-state index in [9.17, 15) is 14.4 Å². The number of aliphatic carboxylic acids is 1. The van der Waals surface area contributed by atoms with Crippen LogP contribution in [0.2, 0.25) is 0 Å². The molecule has 4 rings (SSSR count). The van der Waals surface area contributed by atoms with Crippen molar-refractivity contribution in [1.82, 2.24) is 10.6 Å². The lowest BCUT2D eigenvalue weighted by Crippen LogP contribution is -2.32. The fourth-order valence-corrected chi connectivity index (χ4v) is 4.11. The third kappa shape index (κ3) is 4.65. The van der Waals surface area contributed by atoms with E-state index in [0.717, 1.165) is 22.3 Å². The average molecular weight is 430 g/mol. The summed E-state index contributed by atoms with van der Waals surface area (Å²) in [6.07, 6.45) is 1.74. The zero-order valence-electron chi connectivity index (χ0n) is 17.3. The predicted molar refractivity (Wildman–Crippen MR) is 118 cm³/mol. The van der Waals surface area contributed by atoms with Crippen molar-refractivity contribution >= 4 is 18.0 Å². The summed E-state index contributed by atoms with van der Waals surface area (Å²) in [7, 11) is 0. The number of hydrogen-bond donors (Lipinski definition) is 3. The first-order valence-corrected chi connectivity index (χ1v) is 10.3. The van der Waals surface area contributed by atoms with Gasteiger partial charge in [0.2, 0.25) is 0 Å². The summed E-state index contributed by atoms with van der Waals surface area (Å²) in [4.78, 5) is 34.8. The summed E-state index contributed by atoms with van der Waals surface area (Å²) in [6.45, 7) is 0.168. The van der Waals surface area contributed by atoms with Crippen LogP contribution >= 0.6 is 0 Å². The Morgan fingerprint density at radius 2 is 1.69 bits per heavy atom. The van der Waals surface area contributed by atoms with E-state index in [0.29, 0.717) is 12.0 Å². The molecule has 1 atom stereocenters. The van der Waals surface area contributed by atoms with Gasteiger partial charge in [0.05, 0.1) is 6.54 Å². The number of nitrogens with one attached hydrogen (secondary N) is 2. The van der Waals surface area contributed by atoms with Gasteiger partial charge in [0.1, 0.15) is 6.61 Å². The van der Waals surface area contributed by atoms with E-state index in [-0.39, 0.29) is 31.5 Å². The highest BCUT2D eigenvalue weighted by Gasteiger charge is 2.29. The minimum atomic E-state index is -0.972. The maximum atomic E-state index is 12.1. The van der Waals surface area contributed by atoms with Gasteiger partial charge in [-0.1, -0.05) is 60.5 Å². The summed E-state index contributed by atoms with van der Waals surface area (Å²) < 4.78 is 5.41. The van der Waals surface area contributed by atoms with Gasteiger partial charge in [-0.2, -0.15) is 0 Å². The largest absolute Gasteiger partial charge is 0.478 e. The predicted octanol–water partition coefficient (Wildman–Crippen LogP) is 2.82. The van der Waals surface area contributed by atoms with Gasteiger partial charge in [-0.15, -0.1) is 0 Å². The number of hydrogen-bond acceptors (Lipinski definition) is 4. The normalized spacial score (nSPS) is 16.1. The van der Waals surface area contributed by atoms with Crippen LogP contribution in [0, 0.1) is 11.8 Å². The van der Waals surface area contributed by atoms with Crippen molar-refractivity contribution in [2.75, 3.05) is 13.2 Å². The van der Waals surface area contributed by atoms with Crippen LogP contribution in [0.25, 0.3) is 11.1 Å². The number of carboxylic acid groups (broad SMARTS) is 1. The average Bonchev–Trinajstić information content (AvgIpc) is 3.38. The second kappa shape index (κ2) is 9.40. The Balaban J connectivity index is 1.23. The molecular formula is C25H22N2O5. The van der Waals surface area contributed by atoms with Crippen molar-refractivity contribution in [3.8, 4) is 23.0 Å². The molecule has 0 aliphatic heterocycles. The van der Waals surface area contributed by atoms with Crippen LogP contribution in [0.4, 0.5) is 4.79 Å². The minimum absolute atomic E-state index is 0.0271. The number of amides is 2. The van der Waals surface area contributed by atoms with Crippen LogP contribution in [-0.2, 0) is 14.3 Å². The molecule has 1 unspecified atom stereocenters. The van der Waals surface area contributed by atoms with Gasteiger partial charge in [-0.25, -0.2) is 9.59 Å². The molecule has 0 radical (unpaired) electrons. The Labute approximate surface area is 185 Å². The Kier molecular flexibility index (Phi) is 6.22. The number of rotatable bonds is 5. The molecule has 2 amide bonds. The molecule has 3 N–H and O–H groups in total. The summed E-state index contributed by atoms with van der Waals surface area (Å²) in [5.41, 5.74) is 4.86. The lowest BCUT2D eigenvalue weighted by atomic mass is 9.98. The third-order valence-corrected chi connectivity index (χ3v) is 5.59. The van der Waals surface area contributed by atoms with E-state index in [2.05, 4.69) is 34.6 Å². The Hall–Kier alpha value is -4.05. The van der Waals surface area contributed by atoms with E-state index in [4.69, 9.17) is 9.84 Å². The van der Waals surface area contributed by atoms with Gasteiger partial charge in [-0.05, 0) is 41.0 Å². The lowest BCUT2D eigenvalue weighted by molar-refractivity contribution is -0.132. The van der Waals surface area contributed by atoms with Gasteiger partial charge < -0.3 is 20.5 Å². The van der Waals surface area contributed by atoms with Crippen molar-refractivity contribution in [2.24, 2.45) is 0 Å². The van der Waals surface area contributed by atoms with Gasteiger partial charge in [0.25, 0.3) is 5.91 Å². The fourth-order valence-electron chi connectivity index (χ4n) is 4.11. The number of ether oxygens (including phenoxy) is 1. The van der Waals surface area contributed by atoms with Crippen molar-refractivity contribution in [2.45, 2.75) is 24.8 Å². The molecule has 2 aliphatic carbocycles. The Bertz CT molecular complexity index is 1110. The molecule has 32 heavy (non-hydrogen) atoms. The second-order valence-electron chi connectivity index (χ2n) is 7.63. The highest BCUT2D eigenvalue weighted by molar-refractivity contribution is 5.94. The van der Waals surface area contributed by atoms with E-state index >= 15 is 0 Å². The topological polar surface area (TPSA) is 105 Å². The molecule has 0 fully saturated rings. The number of carboxylic acids is 1. The Morgan fingerprint density at radius 1 is 1.03 bits per heavy atom. The first kappa shape index (κ1) is 21.2. The molecule has 0 bridgehead atoms. The van der Waals surface area contributed by atoms with E-state index < -0.39 is 18.0 Å². The monoisotopic (exact) mass is 430 g/mol. The maximum absolute atomic E-state index is 12.1. The van der Waals surface area contributed by atoms with E-state index in [1.54, 1.807) is 6.08 Å². The van der Waals surface area contributed by atoms with Crippen molar-refractivity contribution in [3.63, 3.8) is 0 Å². The van der Waals surface area contributed by atoms with Crippen LogP contribution in [0.1, 0.15) is 29.9 Å². The van der Waals surface area contributed by atoms with E-state index in [1.165, 1.54) is 0 Å². The Morgan fingerprint density at radius 3 is 2.31 bits per heavy atom. The van der Waals surface area contributed by atoms with Crippen LogP contribution in [0.5, 0.6) is 0 Å². The molecule has 0 aromatic heterocycles. The SMILES string of the molecule is O=C(C#CCNC(=O)OCC1c2ccccc2-c2ccccc21)NC1CC=C(C(=O)O)C1. The summed E-state index contributed by atoms with van der Waals surface area (Å²) in [5, 5.41) is 14.1. The fraction of sp³-hybridized carbons (Fsp3) is 0.240. The number of fused-ring (bicyclic) bond motifs is 3. The standard InChI is InChI=1S/C25H22N2O5/c28-23(27-17-12-11-16(14-17)24(29)30)10-5-13-26-25(31)32-15-22-20-8-3-1-6-18(20)19-7-2-4-9-21(19)22/h1-4,6-9,11,17,22H,12-15H2,(H,26,31)(H,27,28)(H,29,30). The van der Waals surface area contributed by atoms with Gasteiger partial charge >= 0.3 is 12.1 Å². The molecular weight excluding hydrogens is 408 g/mol. The quantitative estimate of drug-likeness (QED) is 0.633. The van der Waals surface area contributed by atoms with Crippen LogP contribution < -0.4 is 10.6 Å². The van der Waals surface area contributed by atoms with Crippen LogP contribution in [0.15, 0.2) is 60.2 Å². The maximum Gasteiger partial charge on any atom is 0.407 e. The molecule has 7 heteroatoms. The highest BCUT2D eigenvalue weighted by atomic mass is 16.5. The van der Waals surface area contributed by atoms with Crippen molar-refractivity contribution in [3.05, 3.63) is 71.3 Å². The summed E-state index contributed by atoms with van der Waals surface area (Å²) in [5.74, 6) is 3.46. The molecule has 0 heterocycles. The molecule has 162 valence electrons. The molecule has 0 spiro atoms. The van der Waals surface area contributed by atoms with Gasteiger partial charge in [-0.3, -0.25) is 4.79 Å². The van der Waals surface area contributed by atoms with Crippen molar-refractivity contribution < 1.29 is 24.2 Å². The molecule has 2 aliphatic rings. The molecule has 0 saturated heterocycles. The van der Waals surface area contributed by atoms with Gasteiger partial charge in [0.15, 0.2) is 0 Å². The first-order chi connectivity index (χ1) is 15.5. The smallest absolute Gasteiger partial charge is 0.407 e. The second-order valence-corrected chi connectivity index (χ2v) is 7.63. The summed E-state index contributed by atoms with van der Waals surface area (Å²) in [6, 6.07) is 15.9. The van der Waals surface area contributed by atoms with Gasteiger partial charge in [0, 0.05) is 17.5 Å². The summed E-state index contributed by atoms with van der Waals surface area (Å²) >= 11 is 0. The zero-order chi connectivity index (χ0) is 22.5. The lowest BCUT2D eigenvalue weighted by Gasteiger charge is -2.14. The van der Waals surface area contributed by atoms with Crippen molar-refractivity contribution in [1.29, 1.82) is 0 Å². The van der Waals surface area contributed by atoms with Crippen LogP contribution in [0.3, 0.4) is 0 Å². The minimum Gasteiger partial charge on any atom is -0.478 e. The highest BCUT2D eigenvalue weighted by Crippen LogP contribution is 2.44. The molecule has 7 nitrogen and oxygen atoms in total. The number of carbonyl (C=O) groups is 3. The molecule has 2 aromatic rings. The number of alkyl carbamates (subject to hydrolysis) is 1. The number of carbonyl (C=O) groups excluding carboxylic acids is 2. The van der Waals surface area contributed by atoms with Crippen LogP contribution in [-0.4, -0.2) is 42.3 Å². The zero-order valence-corrected chi connectivity index (χ0v) is 17.3.